The van der Waals surface area contributed by atoms with E-state index in [-0.39, 0.29) is 17.1 Å². The highest BCUT2D eigenvalue weighted by molar-refractivity contribution is 7.99. The third kappa shape index (κ3) is 6.40. The largest absolute Gasteiger partial charge is 0.302 e. The average Bonchev–Trinajstić information content (AvgIpc) is 3.20. The average molecular weight is 448 g/mol. The van der Waals surface area contributed by atoms with Crippen molar-refractivity contribution in [3.8, 4) is 11.4 Å². The predicted octanol–water partition coefficient (Wildman–Crippen LogP) is 5.17. The number of rotatable bonds is 8. The van der Waals surface area contributed by atoms with E-state index in [4.69, 9.17) is 0 Å². The number of aromatic nitrogens is 3. The van der Waals surface area contributed by atoms with Crippen LogP contribution >= 0.6 is 11.8 Å². The van der Waals surface area contributed by atoms with Crippen LogP contribution in [-0.4, -0.2) is 32.6 Å². The molecule has 3 aromatic rings. The number of hydrazone groups is 1. The molecule has 0 spiro atoms. The summed E-state index contributed by atoms with van der Waals surface area (Å²) in [6, 6.07) is 18.3. The van der Waals surface area contributed by atoms with Crippen molar-refractivity contribution < 1.29 is 4.79 Å². The number of hydrogen-bond acceptors (Lipinski definition) is 5. The second kappa shape index (κ2) is 10.9. The maximum atomic E-state index is 12.1. The van der Waals surface area contributed by atoms with E-state index in [1.54, 1.807) is 12.3 Å². The molecule has 1 aromatic heterocycles. The molecule has 2 aromatic carbocycles. The van der Waals surface area contributed by atoms with Crippen LogP contribution in [-0.2, 0) is 16.8 Å². The molecule has 32 heavy (non-hydrogen) atoms. The molecule has 3 rings (SSSR count). The van der Waals surface area contributed by atoms with Crippen molar-refractivity contribution in [2.75, 3.05) is 5.75 Å². The number of hydrogen-bond donors (Lipinski definition) is 1. The van der Waals surface area contributed by atoms with E-state index in [9.17, 15) is 4.79 Å². The number of carbonyl (C=O) groups is 1. The summed E-state index contributed by atoms with van der Waals surface area (Å²) in [4.78, 5) is 12.1. The Morgan fingerprint density at radius 1 is 1.09 bits per heavy atom. The molecular formula is C25H29N5OS. The minimum atomic E-state index is -0.193. The highest BCUT2D eigenvalue weighted by Crippen LogP contribution is 2.27. The molecular weight excluding hydrogens is 418 g/mol. The van der Waals surface area contributed by atoms with Crippen molar-refractivity contribution in [1.82, 2.24) is 20.2 Å². The highest BCUT2D eigenvalue weighted by atomic mass is 32.2. The van der Waals surface area contributed by atoms with E-state index < -0.39 is 0 Å². The standard InChI is InChI=1S/C25H29N5OS/c1-5-30-23(20-13-15-21(16-14-20)25(2,3)4)28-29-24(30)32-18-22(31)27-26-17-9-12-19-10-7-6-8-11-19/h6-17H,5,18H2,1-4H3,(H,27,31)/b12-9+,26-17-. The summed E-state index contributed by atoms with van der Waals surface area (Å²) in [5.74, 6) is 0.821. The van der Waals surface area contributed by atoms with E-state index in [1.807, 2.05) is 47.9 Å². The summed E-state index contributed by atoms with van der Waals surface area (Å²) in [7, 11) is 0. The lowest BCUT2D eigenvalue weighted by atomic mass is 9.87. The molecule has 0 aliphatic carbocycles. The van der Waals surface area contributed by atoms with Crippen LogP contribution in [0.3, 0.4) is 0 Å². The summed E-state index contributed by atoms with van der Waals surface area (Å²) in [5.41, 5.74) is 6.00. The van der Waals surface area contributed by atoms with Crippen molar-refractivity contribution in [2.45, 2.75) is 44.8 Å². The van der Waals surface area contributed by atoms with Crippen molar-refractivity contribution in [2.24, 2.45) is 5.10 Å². The number of amides is 1. The minimum absolute atomic E-state index is 0.102. The van der Waals surface area contributed by atoms with Gasteiger partial charge in [0, 0.05) is 18.3 Å². The van der Waals surface area contributed by atoms with Gasteiger partial charge in [0.2, 0.25) is 0 Å². The number of thioether (sulfide) groups is 1. The lowest BCUT2D eigenvalue weighted by Gasteiger charge is -2.19. The highest BCUT2D eigenvalue weighted by Gasteiger charge is 2.17. The smallest absolute Gasteiger partial charge is 0.250 e. The quantitative estimate of drug-likeness (QED) is 0.294. The molecule has 0 bridgehead atoms. The molecule has 7 heteroatoms. The molecule has 1 N–H and O–H groups in total. The Hall–Kier alpha value is -3.19. The monoisotopic (exact) mass is 447 g/mol. The van der Waals surface area contributed by atoms with Gasteiger partial charge >= 0.3 is 0 Å². The van der Waals surface area contributed by atoms with Crippen LogP contribution in [0.4, 0.5) is 0 Å². The van der Waals surface area contributed by atoms with E-state index in [1.165, 1.54) is 17.3 Å². The van der Waals surface area contributed by atoms with Crippen LogP contribution in [0.5, 0.6) is 0 Å². The first-order valence-electron chi connectivity index (χ1n) is 10.6. The first-order valence-corrected chi connectivity index (χ1v) is 11.6. The van der Waals surface area contributed by atoms with Crippen LogP contribution in [0.2, 0.25) is 0 Å². The van der Waals surface area contributed by atoms with Crippen LogP contribution in [0, 0.1) is 0 Å². The summed E-state index contributed by atoms with van der Waals surface area (Å²) in [6.07, 6.45) is 5.26. The lowest BCUT2D eigenvalue weighted by Crippen LogP contribution is -2.19. The number of benzene rings is 2. The zero-order chi connectivity index (χ0) is 23.0. The third-order valence-electron chi connectivity index (χ3n) is 4.81. The Kier molecular flexibility index (Phi) is 8.00. The van der Waals surface area contributed by atoms with Gasteiger partial charge in [-0.25, -0.2) is 5.43 Å². The first-order chi connectivity index (χ1) is 15.4. The summed E-state index contributed by atoms with van der Waals surface area (Å²) < 4.78 is 2.02. The Labute approximate surface area is 193 Å². The van der Waals surface area contributed by atoms with Crippen molar-refractivity contribution in [1.29, 1.82) is 0 Å². The topological polar surface area (TPSA) is 72.2 Å². The molecule has 0 radical (unpaired) electrons. The molecule has 166 valence electrons. The third-order valence-corrected chi connectivity index (χ3v) is 5.78. The van der Waals surface area contributed by atoms with Gasteiger partial charge < -0.3 is 4.57 Å². The predicted molar refractivity (Wildman–Crippen MR) is 133 cm³/mol. The van der Waals surface area contributed by atoms with Crippen LogP contribution < -0.4 is 5.43 Å². The summed E-state index contributed by atoms with van der Waals surface area (Å²) >= 11 is 1.35. The van der Waals surface area contributed by atoms with Gasteiger partial charge in [0.05, 0.1) is 5.75 Å². The SMILES string of the molecule is CCn1c(SCC(=O)N/N=C\C=C\c2ccccc2)nnc1-c1ccc(C(C)(C)C)cc1. The normalized spacial score (nSPS) is 12.0. The van der Waals surface area contributed by atoms with Crippen LogP contribution in [0.1, 0.15) is 38.8 Å². The van der Waals surface area contributed by atoms with Gasteiger partial charge in [0.25, 0.3) is 5.91 Å². The molecule has 0 atom stereocenters. The van der Waals surface area contributed by atoms with Gasteiger partial charge in [-0.3, -0.25) is 4.79 Å². The number of nitrogens with zero attached hydrogens (tertiary/aromatic N) is 4. The van der Waals surface area contributed by atoms with Gasteiger partial charge in [-0.2, -0.15) is 5.10 Å². The fourth-order valence-corrected chi connectivity index (χ4v) is 3.84. The Morgan fingerprint density at radius 2 is 1.81 bits per heavy atom. The minimum Gasteiger partial charge on any atom is -0.302 e. The second-order valence-electron chi connectivity index (χ2n) is 8.25. The molecule has 6 nitrogen and oxygen atoms in total. The Bertz CT molecular complexity index is 1080. The molecule has 0 aliphatic rings. The molecule has 1 heterocycles. The first kappa shape index (κ1) is 23.5. The van der Waals surface area contributed by atoms with Gasteiger partial charge in [0.15, 0.2) is 11.0 Å². The van der Waals surface area contributed by atoms with Crippen molar-refractivity contribution >= 4 is 30.0 Å². The van der Waals surface area contributed by atoms with E-state index in [0.29, 0.717) is 5.16 Å². The van der Waals surface area contributed by atoms with E-state index in [2.05, 4.69) is 65.8 Å². The zero-order valence-corrected chi connectivity index (χ0v) is 19.8. The molecule has 0 aliphatic heterocycles. The van der Waals surface area contributed by atoms with Crippen LogP contribution in [0.15, 0.2) is 70.9 Å². The van der Waals surface area contributed by atoms with Gasteiger partial charge in [0.1, 0.15) is 0 Å². The van der Waals surface area contributed by atoms with E-state index in [0.717, 1.165) is 23.5 Å². The van der Waals surface area contributed by atoms with Crippen LogP contribution in [0.25, 0.3) is 17.5 Å². The summed E-state index contributed by atoms with van der Waals surface area (Å²) in [5, 5.41) is 13.3. The fraction of sp³-hybridized carbons (Fsp3) is 0.280. The molecule has 0 saturated carbocycles. The number of allylic oxidation sites excluding steroid dienone is 1. The Balaban J connectivity index is 1.56. The fourth-order valence-electron chi connectivity index (χ4n) is 3.05. The second-order valence-corrected chi connectivity index (χ2v) is 9.19. The maximum absolute atomic E-state index is 12.1. The van der Waals surface area contributed by atoms with Gasteiger partial charge in [-0.05, 0) is 29.5 Å². The zero-order valence-electron chi connectivity index (χ0n) is 18.9. The molecule has 0 saturated heterocycles. The number of carbonyl (C=O) groups excluding carboxylic acids is 1. The van der Waals surface area contributed by atoms with Crippen molar-refractivity contribution in [3.05, 3.63) is 71.8 Å². The van der Waals surface area contributed by atoms with E-state index >= 15 is 0 Å². The Morgan fingerprint density at radius 3 is 2.47 bits per heavy atom. The van der Waals surface area contributed by atoms with Gasteiger partial charge in [-0.1, -0.05) is 93.2 Å². The van der Waals surface area contributed by atoms with Crippen molar-refractivity contribution in [3.63, 3.8) is 0 Å². The number of nitrogens with one attached hydrogen (secondary N) is 1. The summed E-state index contributed by atoms with van der Waals surface area (Å²) in [6.45, 7) is 9.35. The maximum Gasteiger partial charge on any atom is 0.250 e. The molecule has 0 unspecified atom stereocenters. The molecule has 0 fully saturated rings. The van der Waals surface area contributed by atoms with Gasteiger partial charge in [-0.15, -0.1) is 10.2 Å². The molecule has 1 amide bonds. The lowest BCUT2D eigenvalue weighted by molar-refractivity contribution is -0.118.